The van der Waals surface area contributed by atoms with E-state index < -0.39 is 10.8 Å². The van der Waals surface area contributed by atoms with Crippen LogP contribution in [0.5, 0.6) is 0 Å². The van der Waals surface area contributed by atoms with Gasteiger partial charge in [0.15, 0.2) is 0 Å². The van der Waals surface area contributed by atoms with Crippen molar-refractivity contribution in [3.63, 3.8) is 0 Å². The van der Waals surface area contributed by atoms with Gasteiger partial charge >= 0.3 is 0 Å². The van der Waals surface area contributed by atoms with Crippen LogP contribution in [0, 0.1) is 24.0 Å². The predicted octanol–water partition coefficient (Wildman–Crippen LogP) is 4.76. The molecule has 0 aliphatic heterocycles. The summed E-state index contributed by atoms with van der Waals surface area (Å²) in [5.41, 5.74) is 3.43. The number of halogens is 1. The Bertz CT molecular complexity index is 1090. The van der Waals surface area contributed by atoms with Crippen molar-refractivity contribution in [3.05, 3.63) is 92.3 Å². The van der Waals surface area contributed by atoms with Gasteiger partial charge in [-0.2, -0.15) is 5.10 Å². The molecule has 8 heteroatoms. The molecule has 2 aromatic carbocycles. The van der Waals surface area contributed by atoms with Gasteiger partial charge in [0.25, 0.3) is 5.69 Å². The predicted molar refractivity (Wildman–Crippen MR) is 113 cm³/mol. The van der Waals surface area contributed by atoms with Crippen LogP contribution in [0.25, 0.3) is 6.08 Å². The Labute approximate surface area is 172 Å². The van der Waals surface area contributed by atoms with Crippen molar-refractivity contribution in [3.8, 4) is 0 Å². The van der Waals surface area contributed by atoms with Crippen LogP contribution in [-0.2, 0) is 11.3 Å². The molecule has 3 aromatic rings. The van der Waals surface area contributed by atoms with Gasteiger partial charge in [-0.25, -0.2) is 4.68 Å². The molecule has 0 spiro atoms. The molecule has 1 amide bonds. The number of carbonyl (C=O) groups is 1. The molecule has 0 unspecified atom stereocenters. The molecule has 0 atom stereocenters. The number of anilines is 1. The first-order valence-corrected chi connectivity index (χ1v) is 9.24. The summed E-state index contributed by atoms with van der Waals surface area (Å²) in [5, 5.41) is 18.5. The third kappa shape index (κ3) is 4.89. The van der Waals surface area contributed by atoms with Crippen molar-refractivity contribution in [1.82, 2.24) is 9.78 Å². The topological polar surface area (TPSA) is 90.1 Å². The Morgan fingerprint density at radius 3 is 2.66 bits per heavy atom. The van der Waals surface area contributed by atoms with Crippen LogP contribution in [0.3, 0.4) is 0 Å². The minimum absolute atomic E-state index is 0.0871. The number of aromatic nitrogens is 2. The zero-order chi connectivity index (χ0) is 21.0. The van der Waals surface area contributed by atoms with E-state index in [9.17, 15) is 14.9 Å². The lowest BCUT2D eigenvalue weighted by Gasteiger charge is -2.06. The number of non-ortho nitro benzene ring substituents is 1. The van der Waals surface area contributed by atoms with Crippen LogP contribution in [0.1, 0.15) is 22.4 Å². The fraction of sp³-hybridized carbons (Fsp3) is 0.143. The van der Waals surface area contributed by atoms with Crippen LogP contribution < -0.4 is 5.32 Å². The second-order valence-corrected chi connectivity index (χ2v) is 6.87. The second-order valence-electron chi connectivity index (χ2n) is 6.51. The van der Waals surface area contributed by atoms with Crippen LogP contribution in [0.2, 0.25) is 5.15 Å². The van der Waals surface area contributed by atoms with Gasteiger partial charge in [-0.3, -0.25) is 14.9 Å². The lowest BCUT2D eigenvalue weighted by molar-refractivity contribution is -0.384. The third-order valence-corrected chi connectivity index (χ3v) is 4.77. The summed E-state index contributed by atoms with van der Waals surface area (Å²) in [6, 6.07) is 14.1. The minimum Gasteiger partial charge on any atom is -0.322 e. The average molecular weight is 411 g/mol. The third-order valence-electron chi connectivity index (χ3n) is 4.38. The smallest absolute Gasteiger partial charge is 0.271 e. The SMILES string of the molecule is Cc1ccc([N+](=O)[O-])cc1NC(=O)/C=C/c1c(C)nn(Cc2ccccc2)c1Cl. The summed E-state index contributed by atoms with van der Waals surface area (Å²) in [4.78, 5) is 22.7. The number of benzene rings is 2. The first kappa shape index (κ1) is 20.3. The standard InChI is InChI=1S/C21H19ClN4O3/c1-14-8-9-17(26(28)29)12-19(14)23-20(27)11-10-18-15(2)24-25(21(18)22)13-16-6-4-3-5-7-16/h3-12H,13H2,1-2H3,(H,23,27)/b11-10+. The first-order chi connectivity index (χ1) is 13.8. The number of nitrogens with one attached hydrogen (secondary N) is 1. The summed E-state index contributed by atoms with van der Waals surface area (Å²) in [6.45, 7) is 4.10. The summed E-state index contributed by atoms with van der Waals surface area (Å²) >= 11 is 6.45. The van der Waals surface area contributed by atoms with Gasteiger partial charge in [-0.05, 0) is 31.1 Å². The summed E-state index contributed by atoms with van der Waals surface area (Å²) in [5.74, 6) is -0.417. The molecule has 0 aliphatic carbocycles. The summed E-state index contributed by atoms with van der Waals surface area (Å²) in [6.07, 6.45) is 2.93. The van der Waals surface area contributed by atoms with Crippen molar-refractivity contribution < 1.29 is 9.72 Å². The van der Waals surface area contributed by atoms with Gasteiger partial charge < -0.3 is 5.32 Å². The molecule has 0 bridgehead atoms. The van der Waals surface area contributed by atoms with E-state index in [2.05, 4.69) is 10.4 Å². The molecule has 0 aliphatic rings. The molecule has 0 saturated heterocycles. The first-order valence-electron chi connectivity index (χ1n) is 8.86. The molecule has 7 nitrogen and oxygen atoms in total. The number of amides is 1. The van der Waals surface area contributed by atoms with Crippen LogP contribution >= 0.6 is 11.6 Å². The monoisotopic (exact) mass is 410 g/mol. The maximum Gasteiger partial charge on any atom is 0.271 e. The summed E-state index contributed by atoms with van der Waals surface area (Å²) < 4.78 is 1.68. The van der Waals surface area contributed by atoms with E-state index in [1.165, 1.54) is 18.2 Å². The van der Waals surface area contributed by atoms with Gasteiger partial charge in [-0.1, -0.05) is 48.0 Å². The molecular weight excluding hydrogens is 392 g/mol. The number of nitro groups is 1. The molecule has 1 heterocycles. The van der Waals surface area contributed by atoms with E-state index in [1.807, 2.05) is 37.3 Å². The molecule has 0 fully saturated rings. The summed E-state index contributed by atoms with van der Waals surface area (Å²) in [7, 11) is 0. The molecule has 148 valence electrons. The number of hydrogen-bond acceptors (Lipinski definition) is 4. The molecule has 0 radical (unpaired) electrons. The number of rotatable bonds is 6. The Morgan fingerprint density at radius 1 is 1.24 bits per heavy atom. The lowest BCUT2D eigenvalue weighted by atomic mass is 10.1. The fourth-order valence-electron chi connectivity index (χ4n) is 2.81. The minimum atomic E-state index is -0.505. The zero-order valence-electron chi connectivity index (χ0n) is 15.9. The van der Waals surface area contributed by atoms with Gasteiger partial charge in [0.1, 0.15) is 5.15 Å². The van der Waals surface area contributed by atoms with Crippen LogP contribution in [-0.4, -0.2) is 20.6 Å². The molecule has 0 saturated carbocycles. The number of hydrogen-bond donors (Lipinski definition) is 1. The molecule has 1 aromatic heterocycles. The van der Waals surface area contributed by atoms with Crippen molar-refractivity contribution in [1.29, 1.82) is 0 Å². The van der Waals surface area contributed by atoms with Crippen molar-refractivity contribution in [2.75, 3.05) is 5.32 Å². The highest BCUT2D eigenvalue weighted by atomic mass is 35.5. The zero-order valence-corrected chi connectivity index (χ0v) is 16.7. The highest BCUT2D eigenvalue weighted by molar-refractivity contribution is 6.31. The molecule has 1 N–H and O–H groups in total. The lowest BCUT2D eigenvalue weighted by Crippen LogP contribution is -2.09. The highest BCUT2D eigenvalue weighted by Crippen LogP contribution is 2.24. The van der Waals surface area contributed by atoms with Crippen molar-refractivity contribution >= 4 is 35.0 Å². The normalized spacial score (nSPS) is 11.0. The van der Waals surface area contributed by atoms with Gasteiger partial charge in [0.2, 0.25) is 5.91 Å². The van der Waals surface area contributed by atoms with Crippen molar-refractivity contribution in [2.24, 2.45) is 0 Å². The van der Waals surface area contributed by atoms with Gasteiger partial charge in [-0.15, -0.1) is 0 Å². The number of aryl methyl sites for hydroxylation is 2. The maximum atomic E-state index is 12.3. The second kappa shape index (κ2) is 8.70. The maximum absolute atomic E-state index is 12.3. The number of nitrogens with zero attached hydrogens (tertiary/aromatic N) is 3. The molecule has 29 heavy (non-hydrogen) atoms. The number of nitro benzene ring substituents is 1. The van der Waals surface area contributed by atoms with E-state index in [-0.39, 0.29) is 5.69 Å². The van der Waals surface area contributed by atoms with E-state index in [0.29, 0.717) is 28.6 Å². The Balaban J connectivity index is 1.75. The Hall–Kier alpha value is -3.45. The molecule has 3 rings (SSSR count). The molecular formula is C21H19ClN4O3. The highest BCUT2D eigenvalue weighted by Gasteiger charge is 2.13. The van der Waals surface area contributed by atoms with E-state index >= 15 is 0 Å². The van der Waals surface area contributed by atoms with E-state index in [0.717, 1.165) is 11.1 Å². The van der Waals surface area contributed by atoms with E-state index in [4.69, 9.17) is 11.6 Å². The van der Waals surface area contributed by atoms with Crippen LogP contribution in [0.15, 0.2) is 54.6 Å². The fourth-order valence-corrected chi connectivity index (χ4v) is 3.11. The number of carbonyl (C=O) groups excluding carboxylic acids is 1. The Kier molecular flexibility index (Phi) is 6.09. The van der Waals surface area contributed by atoms with Crippen LogP contribution in [0.4, 0.5) is 11.4 Å². The Morgan fingerprint density at radius 2 is 1.97 bits per heavy atom. The quantitative estimate of drug-likeness (QED) is 0.360. The van der Waals surface area contributed by atoms with E-state index in [1.54, 1.807) is 23.7 Å². The van der Waals surface area contributed by atoms with Gasteiger partial charge in [0, 0.05) is 23.8 Å². The average Bonchev–Trinajstić information content (AvgIpc) is 2.95. The van der Waals surface area contributed by atoms with Gasteiger partial charge in [0.05, 0.1) is 22.8 Å². The van der Waals surface area contributed by atoms with Crippen molar-refractivity contribution in [2.45, 2.75) is 20.4 Å². The largest absolute Gasteiger partial charge is 0.322 e.